The molecule has 0 saturated heterocycles. The standard InChI is InChI=1S/C14H8O3S.Y/c15-13-9-3-1-2-4-10(9)14(16)12-7-8(18-17)5-6-11(12)13;/h1-7,17H;. The summed E-state index contributed by atoms with van der Waals surface area (Å²) in [5.74, 6) is -0.314. The van der Waals surface area contributed by atoms with Gasteiger partial charge in [0.15, 0.2) is 11.6 Å². The molecule has 0 saturated carbocycles. The third-order valence-corrected chi connectivity index (χ3v) is 3.47. The number of hydrogen-bond donors (Lipinski definition) is 1. The van der Waals surface area contributed by atoms with Crippen LogP contribution in [0.1, 0.15) is 31.8 Å². The van der Waals surface area contributed by atoms with Crippen LogP contribution in [0.3, 0.4) is 0 Å². The quantitative estimate of drug-likeness (QED) is 0.689. The normalized spacial score (nSPS) is 12.5. The summed E-state index contributed by atoms with van der Waals surface area (Å²) in [5, 5.41) is 0. The van der Waals surface area contributed by atoms with Gasteiger partial charge in [-0.2, -0.15) is 0 Å². The minimum absolute atomic E-state index is 0. The monoisotopic (exact) mass is 345 g/mol. The molecule has 0 aliphatic heterocycles. The number of carbonyl (C=O) groups excluding carboxylic acids is 2. The summed E-state index contributed by atoms with van der Waals surface area (Å²) in [6, 6.07) is 11.6. The molecule has 1 aliphatic carbocycles. The summed E-state index contributed by atoms with van der Waals surface area (Å²) in [6.07, 6.45) is 0. The smallest absolute Gasteiger partial charge is 0.194 e. The molecule has 0 spiro atoms. The minimum Gasteiger partial charge on any atom is -0.325 e. The van der Waals surface area contributed by atoms with E-state index in [9.17, 15) is 9.59 Å². The summed E-state index contributed by atoms with van der Waals surface area (Å²) >= 11 is 0.563. The van der Waals surface area contributed by atoms with Crippen molar-refractivity contribution in [3.8, 4) is 0 Å². The molecule has 3 rings (SSSR count). The van der Waals surface area contributed by atoms with Gasteiger partial charge in [-0.1, -0.05) is 24.3 Å². The summed E-state index contributed by atoms with van der Waals surface area (Å²) in [7, 11) is 0. The average Bonchev–Trinajstić information content (AvgIpc) is 2.44. The molecule has 3 nitrogen and oxygen atoms in total. The molecule has 0 heterocycles. The largest absolute Gasteiger partial charge is 0.325 e. The van der Waals surface area contributed by atoms with Gasteiger partial charge in [-0.3, -0.25) is 9.59 Å². The van der Waals surface area contributed by atoms with Gasteiger partial charge in [0.2, 0.25) is 0 Å². The van der Waals surface area contributed by atoms with E-state index in [1.165, 1.54) is 0 Å². The van der Waals surface area contributed by atoms with Gasteiger partial charge in [0, 0.05) is 71.9 Å². The maximum atomic E-state index is 12.3. The second kappa shape index (κ2) is 5.67. The van der Waals surface area contributed by atoms with Crippen LogP contribution < -0.4 is 0 Å². The molecule has 0 fully saturated rings. The topological polar surface area (TPSA) is 54.4 Å². The molecule has 19 heavy (non-hydrogen) atoms. The molecule has 1 aliphatic rings. The van der Waals surface area contributed by atoms with E-state index in [0.717, 1.165) is 0 Å². The molecular weight excluding hydrogens is 337 g/mol. The fraction of sp³-hybridized carbons (Fsp3) is 0. The predicted molar refractivity (Wildman–Crippen MR) is 68.2 cm³/mol. The van der Waals surface area contributed by atoms with Crippen molar-refractivity contribution in [2.45, 2.75) is 4.90 Å². The minimum atomic E-state index is -0.170. The number of rotatable bonds is 1. The molecule has 5 heteroatoms. The second-order valence-corrected chi connectivity index (χ2v) is 4.66. The first-order valence-corrected chi connectivity index (χ1v) is 6.13. The van der Waals surface area contributed by atoms with E-state index in [0.29, 0.717) is 39.2 Å². The van der Waals surface area contributed by atoms with E-state index in [4.69, 9.17) is 4.55 Å². The molecule has 2 aromatic carbocycles. The van der Waals surface area contributed by atoms with Crippen LogP contribution in [0.5, 0.6) is 0 Å². The summed E-state index contributed by atoms with van der Waals surface area (Å²) in [6.45, 7) is 0. The van der Waals surface area contributed by atoms with Gasteiger partial charge in [-0.15, -0.1) is 0 Å². The fourth-order valence-corrected chi connectivity index (χ4v) is 2.43. The van der Waals surface area contributed by atoms with Crippen molar-refractivity contribution in [3.05, 3.63) is 64.7 Å². The molecule has 91 valence electrons. The molecule has 0 unspecified atom stereocenters. The fourth-order valence-electron chi connectivity index (χ4n) is 2.14. The Kier molecular flexibility index (Phi) is 4.36. The Balaban J connectivity index is 0.00000133. The molecule has 0 amide bonds. The van der Waals surface area contributed by atoms with E-state index in [1.807, 2.05) is 0 Å². The average molecular weight is 345 g/mol. The molecule has 1 radical (unpaired) electrons. The van der Waals surface area contributed by atoms with Crippen molar-refractivity contribution in [2.75, 3.05) is 0 Å². The van der Waals surface area contributed by atoms with Gasteiger partial charge in [0.05, 0.1) is 0 Å². The maximum Gasteiger partial charge on any atom is 0.194 e. The van der Waals surface area contributed by atoms with Crippen LogP contribution in [0.2, 0.25) is 0 Å². The summed E-state index contributed by atoms with van der Waals surface area (Å²) in [4.78, 5) is 25.1. The Morgan fingerprint density at radius 3 is 1.89 bits per heavy atom. The maximum absolute atomic E-state index is 12.3. The molecular formula is C14H8O3SY. The van der Waals surface area contributed by atoms with E-state index >= 15 is 0 Å². The van der Waals surface area contributed by atoms with E-state index in [1.54, 1.807) is 42.5 Å². The van der Waals surface area contributed by atoms with Gasteiger partial charge in [0.25, 0.3) is 0 Å². The van der Waals surface area contributed by atoms with Crippen LogP contribution in [0.25, 0.3) is 0 Å². The van der Waals surface area contributed by atoms with Gasteiger partial charge in [-0.05, 0) is 18.2 Å². The summed E-state index contributed by atoms with van der Waals surface area (Å²) < 4.78 is 9.01. The Bertz CT molecular complexity index is 682. The van der Waals surface area contributed by atoms with Gasteiger partial charge in [0.1, 0.15) is 0 Å². The Morgan fingerprint density at radius 1 is 0.789 bits per heavy atom. The Labute approximate surface area is 139 Å². The van der Waals surface area contributed by atoms with Crippen molar-refractivity contribution in [2.24, 2.45) is 0 Å². The van der Waals surface area contributed by atoms with Crippen LogP contribution in [0.15, 0.2) is 47.4 Å². The second-order valence-electron chi connectivity index (χ2n) is 4.00. The van der Waals surface area contributed by atoms with E-state index < -0.39 is 0 Å². The third kappa shape index (κ3) is 2.34. The Morgan fingerprint density at radius 2 is 1.32 bits per heavy atom. The van der Waals surface area contributed by atoms with Crippen molar-refractivity contribution >= 4 is 23.6 Å². The van der Waals surface area contributed by atoms with Crippen molar-refractivity contribution in [3.63, 3.8) is 0 Å². The van der Waals surface area contributed by atoms with Crippen LogP contribution in [0, 0.1) is 0 Å². The number of hydrogen-bond acceptors (Lipinski definition) is 4. The van der Waals surface area contributed by atoms with Crippen LogP contribution >= 0.6 is 12.0 Å². The third-order valence-electron chi connectivity index (χ3n) is 3.00. The summed E-state index contributed by atoms with van der Waals surface area (Å²) in [5.41, 5.74) is 1.63. The van der Waals surface area contributed by atoms with Crippen molar-refractivity contribution < 1.29 is 46.9 Å². The number of ketones is 2. The first-order chi connectivity index (χ1) is 8.72. The SMILES string of the molecule is O=C1c2ccccc2C(=O)c2cc(SO)ccc21.[Y]. The Hall–Kier alpha value is -0.806. The van der Waals surface area contributed by atoms with Gasteiger partial charge < -0.3 is 4.55 Å². The predicted octanol–water partition coefficient (Wildman–Crippen LogP) is 3.02. The number of benzene rings is 2. The van der Waals surface area contributed by atoms with Gasteiger partial charge in [-0.25, -0.2) is 0 Å². The zero-order valence-electron chi connectivity index (χ0n) is 9.79. The first kappa shape index (κ1) is 14.6. The zero-order chi connectivity index (χ0) is 12.7. The first-order valence-electron chi connectivity index (χ1n) is 5.36. The van der Waals surface area contributed by atoms with Crippen LogP contribution in [-0.4, -0.2) is 16.1 Å². The molecule has 0 bridgehead atoms. The number of carbonyl (C=O) groups is 2. The zero-order valence-corrected chi connectivity index (χ0v) is 13.4. The van der Waals surface area contributed by atoms with Gasteiger partial charge >= 0.3 is 0 Å². The molecule has 0 aromatic heterocycles. The van der Waals surface area contributed by atoms with Crippen molar-refractivity contribution in [1.82, 2.24) is 0 Å². The van der Waals surface area contributed by atoms with E-state index in [-0.39, 0.29) is 44.3 Å². The van der Waals surface area contributed by atoms with Crippen LogP contribution in [0.4, 0.5) is 0 Å². The molecule has 2 aromatic rings. The van der Waals surface area contributed by atoms with E-state index in [2.05, 4.69) is 0 Å². The number of fused-ring (bicyclic) bond motifs is 2. The van der Waals surface area contributed by atoms with Crippen LogP contribution in [-0.2, 0) is 32.7 Å². The molecule has 0 atom stereocenters. The van der Waals surface area contributed by atoms with Crippen molar-refractivity contribution in [1.29, 1.82) is 0 Å². The molecule has 1 N–H and O–H groups in total.